The van der Waals surface area contributed by atoms with Gasteiger partial charge in [-0.1, -0.05) is 85.5 Å². The first-order valence-corrected chi connectivity index (χ1v) is 12.3. The summed E-state index contributed by atoms with van der Waals surface area (Å²) in [5.74, 6) is 0.855. The number of rotatable bonds is 6. The normalized spacial score (nSPS) is 20.8. The fourth-order valence-corrected chi connectivity index (χ4v) is 5.39. The van der Waals surface area contributed by atoms with Crippen LogP contribution >= 0.6 is 0 Å². The molecule has 2 nitrogen and oxygen atoms in total. The van der Waals surface area contributed by atoms with Gasteiger partial charge in [0.2, 0.25) is 0 Å². The van der Waals surface area contributed by atoms with Crippen molar-refractivity contribution < 1.29 is 4.79 Å². The van der Waals surface area contributed by atoms with E-state index in [0.717, 1.165) is 25.8 Å². The molecule has 2 atom stereocenters. The highest BCUT2D eigenvalue weighted by Gasteiger charge is 2.30. The number of carbonyl (C=O) groups excluding carboxylic acids is 1. The average Bonchev–Trinajstić information content (AvgIpc) is 3.28. The predicted molar refractivity (Wildman–Crippen MR) is 135 cm³/mol. The second-order valence-corrected chi connectivity index (χ2v) is 9.89. The van der Waals surface area contributed by atoms with Gasteiger partial charge in [0, 0.05) is 24.4 Å². The van der Waals surface area contributed by atoms with Crippen molar-refractivity contribution in [3.8, 4) is 0 Å². The molecule has 0 bridgehead atoms. The number of hydrogen-bond donors (Lipinski definition) is 1. The van der Waals surface area contributed by atoms with Crippen LogP contribution in [0.25, 0.3) is 11.1 Å². The van der Waals surface area contributed by atoms with E-state index >= 15 is 0 Å². The van der Waals surface area contributed by atoms with Gasteiger partial charge >= 0.3 is 0 Å². The molecule has 1 saturated carbocycles. The van der Waals surface area contributed by atoms with Crippen LogP contribution in [-0.2, 0) is 4.79 Å². The van der Waals surface area contributed by atoms with E-state index in [2.05, 4.69) is 87.6 Å². The Morgan fingerprint density at radius 2 is 1.47 bits per heavy atom. The summed E-state index contributed by atoms with van der Waals surface area (Å²) in [4.78, 5) is 13.1. The molecule has 1 heterocycles. The molecule has 2 unspecified atom stereocenters. The van der Waals surface area contributed by atoms with Gasteiger partial charge < -0.3 is 5.32 Å². The summed E-state index contributed by atoms with van der Waals surface area (Å²) < 4.78 is 0. The molecule has 32 heavy (non-hydrogen) atoms. The van der Waals surface area contributed by atoms with Crippen molar-refractivity contribution in [2.75, 3.05) is 6.54 Å². The maximum Gasteiger partial charge on any atom is 0.138 e. The van der Waals surface area contributed by atoms with Gasteiger partial charge in [0.1, 0.15) is 5.78 Å². The molecule has 0 saturated heterocycles. The van der Waals surface area contributed by atoms with E-state index in [9.17, 15) is 4.79 Å². The third-order valence-corrected chi connectivity index (χ3v) is 7.39. The standard InChI is InChI=1S/C30H37NO/c1-20-9-13-24(14-10-20)27-17-18-31-28(19-22(3)30(32)26-7-5-6-8-26)23(4)29(27)25-15-11-21(2)12-16-25/h9-17,22,26,28,31H,5-8,18-19H2,1-4H3. The molecule has 4 rings (SSSR count). The van der Waals surface area contributed by atoms with Crippen LogP contribution in [0.2, 0.25) is 0 Å². The largest absolute Gasteiger partial charge is 0.307 e. The molecule has 1 aliphatic heterocycles. The summed E-state index contributed by atoms with van der Waals surface area (Å²) in [7, 11) is 0. The number of aryl methyl sites for hydroxylation is 2. The van der Waals surface area contributed by atoms with E-state index in [1.807, 2.05) is 0 Å². The van der Waals surface area contributed by atoms with Crippen molar-refractivity contribution >= 4 is 16.9 Å². The molecule has 0 aromatic heterocycles. The van der Waals surface area contributed by atoms with Crippen molar-refractivity contribution in [3.63, 3.8) is 0 Å². The van der Waals surface area contributed by atoms with Gasteiger partial charge in [-0.05, 0) is 67.9 Å². The van der Waals surface area contributed by atoms with Crippen LogP contribution < -0.4 is 5.32 Å². The minimum atomic E-state index is 0.0887. The number of allylic oxidation sites excluding steroid dienone is 2. The molecule has 1 N–H and O–H groups in total. The van der Waals surface area contributed by atoms with Crippen molar-refractivity contribution in [1.82, 2.24) is 5.32 Å². The van der Waals surface area contributed by atoms with Crippen LogP contribution in [0.4, 0.5) is 0 Å². The smallest absolute Gasteiger partial charge is 0.138 e. The molecule has 2 heteroatoms. The number of ketones is 1. The van der Waals surface area contributed by atoms with Crippen molar-refractivity contribution in [2.45, 2.75) is 65.8 Å². The maximum atomic E-state index is 13.1. The lowest BCUT2D eigenvalue weighted by atomic mass is 9.83. The van der Waals surface area contributed by atoms with E-state index in [1.165, 1.54) is 51.8 Å². The summed E-state index contributed by atoms with van der Waals surface area (Å²) in [6, 6.07) is 17.9. The topological polar surface area (TPSA) is 29.1 Å². The van der Waals surface area contributed by atoms with Gasteiger partial charge in [0.25, 0.3) is 0 Å². The lowest BCUT2D eigenvalue weighted by Gasteiger charge is -2.25. The maximum absolute atomic E-state index is 13.1. The van der Waals surface area contributed by atoms with Gasteiger partial charge in [-0.2, -0.15) is 0 Å². The first-order chi connectivity index (χ1) is 15.4. The molecule has 0 amide bonds. The molecule has 1 aliphatic carbocycles. The zero-order valence-electron chi connectivity index (χ0n) is 20.1. The van der Waals surface area contributed by atoms with Crippen molar-refractivity contribution in [2.24, 2.45) is 11.8 Å². The summed E-state index contributed by atoms with van der Waals surface area (Å²) in [5.41, 5.74) is 8.99. The van der Waals surface area contributed by atoms with E-state index in [0.29, 0.717) is 5.78 Å². The van der Waals surface area contributed by atoms with Crippen LogP contribution in [0.5, 0.6) is 0 Å². The quantitative estimate of drug-likeness (QED) is 0.542. The molecule has 2 aromatic rings. The zero-order valence-corrected chi connectivity index (χ0v) is 20.1. The Kier molecular flexibility index (Phi) is 7.10. The van der Waals surface area contributed by atoms with Crippen molar-refractivity contribution in [1.29, 1.82) is 0 Å². The van der Waals surface area contributed by atoms with Crippen molar-refractivity contribution in [3.05, 3.63) is 82.4 Å². The molecule has 1 fully saturated rings. The molecule has 2 aliphatic rings. The van der Waals surface area contributed by atoms with Crippen LogP contribution in [-0.4, -0.2) is 18.4 Å². The Morgan fingerprint density at radius 1 is 0.906 bits per heavy atom. The van der Waals surface area contributed by atoms with Crippen LogP contribution in [0.15, 0.2) is 60.2 Å². The summed E-state index contributed by atoms with van der Waals surface area (Å²) in [6.45, 7) is 9.47. The van der Waals surface area contributed by atoms with Gasteiger partial charge in [0.15, 0.2) is 0 Å². The van der Waals surface area contributed by atoms with E-state index < -0.39 is 0 Å². The molecule has 2 aromatic carbocycles. The molecule has 0 spiro atoms. The van der Waals surface area contributed by atoms with Gasteiger partial charge in [-0.3, -0.25) is 4.79 Å². The monoisotopic (exact) mass is 427 g/mol. The minimum Gasteiger partial charge on any atom is -0.307 e. The SMILES string of the molecule is CC1=C(c2ccc(C)cc2)C(c2ccc(C)cc2)=CCNC1CC(C)C(=O)C1CCCC1. The third-order valence-electron chi connectivity index (χ3n) is 7.39. The summed E-state index contributed by atoms with van der Waals surface area (Å²) in [6.07, 6.45) is 7.79. The Hall–Kier alpha value is -2.45. The number of Topliss-reactive ketones (excluding diaryl/α,β-unsaturated/α-hetero) is 1. The third kappa shape index (κ3) is 4.96. The first kappa shape index (κ1) is 22.7. The van der Waals surface area contributed by atoms with E-state index in [1.54, 1.807) is 0 Å². The van der Waals surface area contributed by atoms with Crippen LogP contribution in [0, 0.1) is 25.7 Å². The Labute approximate surface area is 193 Å². The number of carbonyl (C=O) groups is 1. The summed E-state index contributed by atoms with van der Waals surface area (Å²) >= 11 is 0. The fraction of sp³-hybridized carbons (Fsp3) is 0.433. The number of nitrogens with one attached hydrogen (secondary N) is 1. The molecule has 168 valence electrons. The van der Waals surface area contributed by atoms with Gasteiger partial charge in [0.05, 0.1) is 0 Å². The first-order valence-electron chi connectivity index (χ1n) is 12.3. The minimum absolute atomic E-state index is 0.0887. The van der Waals surface area contributed by atoms with Gasteiger partial charge in [-0.15, -0.1) is 0 Å². The highest BCUT2D eigenvalue weighted by atomic mass is 16.1. The Morgan fingerprint density at radius 3 is 2.06 bits per heavy atom. The zero-order chi connectivity index (χ0) is 22.7. The lowest BCUT2D eigenvalue weighted by Crippen LogP contribution is -2.34. The van der Waals surface area contributed by atoms with E-state index in [4.69, 9.17) is 0 Å². The highest BCUT2D eigenvalue weighted by Crippen LogP contribution is 2.38. The lowest BCUT2D eigenvalue weighted by molar-refractivity contribution is -0.126. The second-order valence-electron chi connectivity index (χ2n) is 9.89. The Balaban J connectivity index is 1.69. The number of benzene rings is 2. The van der Waals surface area contributed by atoms with Gasteiger partial charge in [-0.25, -0.2) is 0 Å². The molecular weight excluding hydrogens is 390 g/mol. The second kappa shape index (κ2) is 10.0. The predicted octanol–water partition coefficient (Wildman–Crippen LogP) is 6.92. The van der Waals surface area contributed by atoms with Crippen LogP contribution in [0.1, 0.15) is 68.2 Å². The average molecular weight is 428 g/mol. The number of hydrogen-bond acceptors (Lipinski definition) is 2. The summed E-state index contributed by atoms with van der Waals surface area (Å²) in [5, 5.41) is 3.74. The molecule has 0 radical (unpaired) electrons. The van der Waals surface area contributed by atoms with Crippen LogP contribution in [0.3, 0.4) is 0 Å². The molecular formula is C30H37NO. The van der Waals surface area contributed by atoms with E-state index in [-0.39, 0.29) is 17.9 Å². The highest BCUT2D eigenvalue weighted by molar-refractivity contribution is 6.06. The Bertz CT molecular complexity index is 1000. The fourth-order valence-electron chi connectivity index (χ4n) is 5.39.